The minimum Gasteiger partial charge on any atom is -0.396 e. The zero-order valence-electron chi connectivity index (χ0n) is 10.5. The van der Waals surface area contributed by atoms with Crippen molar-refractivity contribution in [2.24, 2.45) is 17.7 Å². The highest BCUT2D eigenvalue weighted by atomic mass is 16.3. The first kappa shape index (κ1) is 13.0. The molecule has 1 aromatic rings. The van der Waals surface area contributed by atoms with Crippen molar-refractivity contribution in [2.45, 2.75) is 25.7 Å². The van der Waals surface area contributed by atoms with E-state index < -0.39 is 0 Å². The summed E-state index contributed by atoms with van der Waals surface area (Å²) in [5.41, 5.74) is 2.47. The fraction of sp³-hybridized carbons (Fsp3) is 0.667. The highest BCUT2D eigenvalue weighted by molar-refractivity contribution is 5.40. The van der Waals surface area contributed by atoms with Gasteiger partial charge in [-0.3, -0.25) is 4.98 Å². The second-order valence-electron chi connectivity index (χ2n) is 4.80. The molecule has 0 aliphatic heterocycles. The average Bonchev–Trinajstić information content (AvgIpc) is 2.45. The van der Waals surface area contributed by atoms with Crippen LogP contribution in [0.1, 0.15) is 25.7 Å². The molecular formula is C12H21N5O. The Labute approximate surface area is 107 Å². The number of rotatable bonds is 5. The smallest absolute Gasteiger partial charge is 0.160 e. The van der Waals surface area contributed by atoms with Crippen LogP contribution in [0.2, 0.25) is 0 Å². The van der Waals surface area contributed by atoms with Gasteiger partial charge in [-0.2, -0.15) is 0 Å². The monoisotopic (exact) mass is 251 g/mol. The molecule has 18 heavy (non-hydrogen) atoms. The lowest BCUT2D eigenvalue weighted by molar-refractivity contribution is 0.141. The van der Waals surface area contributed by atoms with Gasteiger partial charge < -0.3 is 15.8 Å². The average molecular weight is 251 g/mol. The van der Waals surface area contributed by atoms with Crippen molar-refractivity contribution in [1.29, 1.82) is 0 Å². The maximum atomic E-state index is 9.36. The fourth-order valence-corrected chi connectivity index (χ4v) is 2.55. The molecule has 0 amide bonds. The largest absolute Gasteiger partial charge is 0.396 e. The van der Waals surface area contributed by atoms with Crippen LogP contribution in [0.3, 0.4) is 0 Å². The molecule has 0 aromatic carbocycles. The Bertz CT molecular complexity index is 373. The quantitative estimate of drug-likeness (QED) is 0.460. The van der Waals surface area contributed by atoms with E-state index in [-0.39, 0.29) is 6.61 Å². The second-order valence-corrected chi connectivity index (χ2v) is 4.80. The van der Waals surface area contributed by atoms with Crippen LogP contribution in [-0.4, -0.2) is 28.2 Å². The van der Waals surface area contributed by atoms with Gasteiger partial charge in [0.15, 0.2) is 5.82 Å². The Balaban J connectivity index is 1.89. The lowest BCUT2D eigenvalue weighted by Gasteiger charge is -2.30. The van der Waals surface area contributed by atoms with Gasteiger partial charge in [0.25, 0.3) is 0 Å². The second kappa shape index (κ2) is 6.51. The SMILES string of the molecule is NNc1cncc(NCC2CCCCC2CO)n1. The summed E-state index contributed by atoms with van der Waals surface area (Å²) in [7, 11) is 0. The van der Waals surface area contributed by atoms with E-state index in [0.29, 0.717) is 23.5 Å². The van der Waals surface area contributed by atoms with Crippen molar-refractivity contribution < 1.29 is 5.11 Å². The number of aromatic nitrogens is 2. The molecule has 6 heteroatoms. The Kier molecular flexibility index (Phi) is 4.72. The maximum absolute atomic E-state index is 9.36. The summed E-state index contributed by atoms with van der Waals surface area (Å²) < 4.78 is 0. The number of nitrogen functional groups attached to an aromatic ring is 1. The van der Waals surface area contributed by atoms with Crippen LogP contribution in [0.5, 0.6) is 0 Å². The van der Waals surface area contributed by atoms with Crippen molar-refractivity contribution in [3.8, 4) is 0 Å². The van der Waals surface area contributed by atoms with Crippen molar-refractivity contribution >= 4 is 11.6 Å². The normalized spacial score (nSPS) is 23.7. The standard InChI is InChI=1S/C12H21N5O/c13-17-12-7-14-6-11(16-12)15-5-9-3-1-2-4-10(9)8-18/h6-7,9-10,18H,1-5,8,13H2,(H2,15,16,17). The third-order valence-corrected chi connectivity index (χ3v) is 3.63. The van der Waals surface area contributed by atoms with Gasteiger partial charge in [0.2, 0.25) is 0 Å². The topological polar surface area (TPSA) is 96.1 Å². The third-order valence-electron chi connectivity index (χ3n) is 3.63. The van der Waals surface area contributed by atoms with Crippen molar-refractivity contribution in [3.05, 3.63) is 12.4 Å². The third kappa shape index (κ3) is 3.30. The molecule has 1 aromatic heterocycles. The number of hydrogen-bond acceptors (Lipinski definition) is 6. The van der Waals surface area contributed by atoms with Crippen LogP contribution in [-0.2, 0) is 0 Å². The van der Waals surface area contributed by atoms with Gasteiger partial charge in [-0.05, 0) is 24.7 Å². The van der Waals surface area contributed by atoms with Crippen molar-refractivity contribution in [2.75, 3.05) is 23.9 Å². The van der Waals surface area contributed by atoms with Gasteiger partial charge in [-0.15, -0.1) is 0 Å². The number of nitrogens with zero attached hydrogens (tertiary/aromatic N) is 2. The molecule has 0 radical (unpaired) electrons. The lowest BCUT2D eigenvalue weighted by atomic mass is 9.79. The molecular weight excluding hydrogens is 230 g/mol. The number of hydrazine groups is 1. The summed E-state index contributed by atoms with van der Waals surface area (Å²) in [4.78, 5) is 8.30. The van der Waals surface area contributed by atoms with E-state index in [9.17, 15) is 5.11 Å². The molecule has 2 unspecified atom stereocenters. The van der Waals surface area contributed by atoms with Crippen LogP contribution in [0.4, 0.5) is 11.6 Å². The van der Waals surface area contributed by atoms with Gasteiger partial charge in [-0.25, -0.2) is 10.8 Å². The number of nitrogens with two attached hydrogens (primary N) is 1. The van der Waals surface area contributed by atoms with E-state index in [0.717, 1.165) is 13.0 Å². The fourth-order valence-electron chi connectivity index (χ4n) is 2.55. The summed E-state index contributed by atoms with van der Waals surface area (Å²) in [6, 6.07) is 0. The van der Waals surface area contributed by atoms with E-state index in [1.165, 1.54) is 19.3 Å². The van der Waals surface area contributed by atoms with Gasteiger partial charge in [0.05, 0.1) is 12.4 Å². The molecule has 2 atom stereocenters. The zero-order valence-corrected chi connectivity index (χ0v) is 10.5. The van der Waals surface area contributed by atoms with Crippen molar-refractivity contribution in [1.82, 2.24) is 9.97 Å². The van der Waals surface area contributed by atoms with Crippen LogP contribution < -0.4 is 16.6 Å². The predicted octanol–water partition coefficient (Wildman–Crippen LogP) is 0.973. The predicted molar refractivity (Wildman–Crippen MR) is 70.9 cm³/mol. The van der Waals surface area contributed by atoms with E-state index in [1.807, 2.05) is 0 Å². The molecule has 1 heterocycles. The minimum atomic E-state index is 0.280. The van der Waals surface area contributed by atoms with Crippen LogP contribution in [0.25, 0.3) is 0 Å². The molecule has 1 aliphatic rings. The zero-order chi connectivity index (χ0) is 12.8. The number of aliphatic hydroxyl groups excluding tert-OH is 1. The minimum absolute atomic E-state index is 0.280. The van der Waals surface area contributed by atoms with Gasteiger partial charge >= 0.3 is 0 Å². The molecule has 100 valence electrons. The maximum Gasteiger partial charge on any atom is 0.160 e. The van der Waals surface area contributed by atoms with Crippen LogP contribution >= 0.6 is 0 Å². The number of nitrogens with one attached hydrogen (secondary N) is 2. The first-order chi connectivity index (χ1) is 8.83. The van der Waals surface area contributed by atoms with E-state index in [1.54, 1.807) is 12.4 Å². The molecule has 1 aliphatic carbocycles. The summed E-state index contributed by atoms with van der Waals surface area (Å²) in [5.74, 6) is 7.47. The molecule has 6 nitrogen and oxygen atoms in total. The van der Waals surface area contributed by atoms with Crippen molar-refractivity contribution in [3.63, 3.8) is 0 Å². The molecule has 1 fully saturated rings. The van der Waals surface area contributed by atoms with Crippen LogP contribution in [0.15, 0.2) is 12.4 Å². The Morgan fingerprint density at radius 2 is 1.94 bits per heavy atom. The number of anilines is 2. The first-order valence-electron chi connectivity index (χ1n) is 6.47. The molecule has 0 spiro atoms. The summed E-state index contributed by atoms with van der Waals surface area (Å²) in [6.45, 7) is 1.11. The summed E-state index contributed by atoms with van der Waals surface area (Å²) in [5, 5.41) is 12.6. The first-order valence-corrected chi connectivity index (χ1v) is 6.47. The highest BCUT2D eigenvalue weighted by Crippen LogP contribution is 2.29. The Morgan fingerprint density at radius 3 is 2.67 bits per heavy atom. The highest BCUT2D eigenvalue weighted by Gasteiger charge is 2.24. The molecule has 2 rings (SSSR count). The van der Waals surface area contributed by atoms with E-state index in [2.05, 4.69) is 20.7 Å². The number of hydrogen-bond donors (Lipinski definition) is 4. The lowest BCUT2D eigenvalue weighted by Crippen LogP contribution is -2.28. The van der Waals surface area contributed by atoms with Gasteiger partial charge in [0.1, 0.15) is 5.82 Å². The van der Waals surface area contributed by atoms with E-state index >= 15 is 0 Å². The summed E-state index contributed by atoms with van der Waals surface area (Å²) in [6.07, 6.45) is 8.02. The van der Waals surface area contributed by atoms with Crippen LogP contribution in [0, 0.1) is 11.8 Å². The molecule has 1 saturated carbocycles. The van der Waals surface area contributed by atoms with Gasteiger partial charge in [0, 0.05) is 13.2 Å². The Morgan fingerprint density at radius 1 is 1.22 bits per heavy atom. The van der Waals surface area contributed by atoms with Gasteiger partial charge in [-0.1, -0.05) is 12.8 Å². The molecule has 0 bridgehead atoms. The summed E-state index contributed by atoms with van der Waals surface area (Å²) >= 11 is 0. The molecule has 0 saturated heterocycles. The molecule has 5 N–H and O–H groups in total. The number of aliphatic hydroxyl groups is 1. The Hall–Kier alpha value is -1.40. The van der Waals surface area contributed by atoms with E-state index in [4.69, 9.17) is 5.84 Å².